The molecule has 0 saturated heterocycles. The van der Waals surface area contributed by atoms with Crippen molar-refractivity contribution >= 4 is 34.0 Å². The number of aryl methyl sites for hydroxylation is 1. The second kappa shape index (κ2) is 8.72. The maximum atomic E-state index is 11.9. The van der Waals surface area contributed by atoms with Crippen LogP contribution < -0.4 is 10.1 Å². The molecule has 0 aliphatic heterocycles. The van der Waals surface area contributed by atoms with E-state index in [1.54, 1.807) is 6.92 Å². The Morgan fingerprint density at radius 2 is 2.08 bits per heavy atom. The first-order valence-electron chi connectivity index (χ1n) is 7.33. The number of benzene rings is 1. The zero-order valence-electron chi connectivity index (χ0n) is 13.8. The lowest BCUT2D eigenvalue weighted by Crippen LogP contribution is -2.20. The summed E-state index contributed by atoms with van der Waals surface area (Å²) in [5.41, 5.74) is 0.367. The van der Waals surface area contributed by atoms with Crippen LogP contribution in [0.4, 0.5) is 10.8 Å². The van der Waals surface area contributed by atoms with Gasteiger partial charge in [-0.2, -0.15) is 0 Å². The maximum Gasteiger partial charge on any atom is 0.350 e. The van der Waals surface area contributed by atoms with E-state index in [0.29, 0.717) is 16.3 Å². The Balaban J connectivity index is 1.90. The lowest BCUT2D eigenvalue weighted by molar-refractivity contribution is -0.384. The molecule has 0 radical (unpaired) electrons. The van der Waals surface area contributed by atoms with Crippen molar-refractivity contribution in [3.63, 3.8) is 0 Å². The van der Waals surface area contributed by atoms with E-state index in [1.807, 2.05) is 0 Å². The van der Waals surface area contributed by atoms with Gasteiger partial charge < -0.3 is 9.47 Å². The molecule has 0 aliphatic carbocycles. The standard InChI is InChI=1S/C16H15N3O6S/c1-3-8-24-15(21)14-10(2)17-16(26-14)18-13(20)9-25-12-6-4-11(5-7-12)19(22)23/h3-7H,1,8-9H2,2H3,(H,17,18,20). The molecule has 1 N–H and O–H groups in total. The Morgan fingerprint density at radius 1 is 1.38 bits per heavy atom. The van der Waals surface area contributed by atoms with E-state index in [1.165, 1.54) is 30.3 Å². The van der Waals surface area contributed by atoms with Gasteiger partial charge in [0.05, 0.1) is 10.6 Å². The third-order valence-electron chi connectivity index (χ3n) is 2.98. The predicted molar refractivity (Wildman–Crippen MR) is 94.6 cm³/mol. The zero-order chi connectivity index (χ0) is 19.1. The van der Waals surface area contributed by atoms with Crippen LogP contribution in [0.2, 0.25) is 0 Å². The molecule has 10 heteroatoms. The molecule has 1 aromatic carbocycles. The van der Waals surface area contributed by atoms with Crippen LogP contribution in [-0.2, 0) is 9.53 Å². The summed E-state index contributed by atoms with van der Waals surface area (Å²) in [6.07, 6.45) is 1.45. The number of hydrogen-bond acceptors (Lipinski definition) is 8. The fourth-order valence-corrected chi connectivity index (χ4v) is 2.68. The predicted octanol–water partition coefficient (Wildman–Crippen LogP) is 2.72. The second-order valence-corrected chi connectivity index (χ2v) is 5.91. The Bertz CT molecular complexity index is 831. The van der Waals surface area contributed by atoms with Crippen LogP contribution in [0.5, 0.6) is 5.75 Å². The molecule has 2 aromatic rings. The average molecular weight is 377 g/mol. The number of rotatable bonds is 8. The van der Waals surface area contributed by atoms with Crippen molar-refractivity contribution in [1.82, 2.24) is 4.98 Å². The number of carbonyl (C=O) groups is 2. The van der Waals surface area contributed by atoms with Crippen LogP contribution in [-0.4, -0.2) is 35.0 Å². The van der Waals surface area contributed by atoms with Crippen molar-refractivity contribution in [2.24, 2.45) is 0 Å². The SMILES string of the molecule is C=CCOC(=O)c1sc(NC(=O)COc2ccc([N+](=O)[O-])cc2)nc1C. The minimum absolute atomic E-state index is 0.0732. The number of nitro benzene ring substituents is 1. The van der Waals surface area contributed by atoms with Crippen molar-refractivity contribution in [2.75, 3.05) is 18.5 Å². The molecular formula is C16H15N3O6S. The van der Waals surface area contributed by atoms with E-state index >= 15 is 0 Å². The monoisotopic (exact) mass is 377 g/mol. The van der Waals surface area contributed by atoms with E-state index in [0.717, 1.165) is 11.3 Å². The number of nitrogens with one attached hydrogen (secondary N) is 1. The van der Waals surface area contributed by atoms with Crippen LogP contribution in [0, 0.1) is 17.0 Å². The van der Waals surface area contributed by atoms with Gasteiger partial charge in [-0.25, -0.2) is 9.78 Å². The Labute approximate surface area is 152 Å². The third-order valence-corrected chi connectivity index (χ3v) is 4.03. The highest BCUT2D eigenvalue weighted by molar-refractivity contribution is 7.17. The molecule has 1 aromatic heterocycles. The molecule has 26 heavy (non-hydrogen) atoms. The molecule has 0 fully saturated rings. The van der Waals surface area contributed by atoms with Gasteiger partial charge >= 0.3 is 5.97 Å². The normalized spacial score (nSPS) is 10.0. The van der Waals surface area contributed by atoms with E-state index in [4.69, 9.17) is 9.47 Å². The van der Waals surface area contributed by atoms with Crippen LogP contribution >= 0.6 is 11.3 Å². The van der Waals surface area contributed by atoms with Gasteiger partial charge in [0.25, 0.3) is 11.6 Å². The lowest BCUT2D eigenvalue weighted by Gasteiger charge is -2.05. The number of aromatic nitrogens is 1. The van der Waals surface area contributed by atoms with Crippen LogP contribution in [0.25, 0.3) is 0 Å². The van der Waals surface area contributed by atoms with Crippen molar-refractivity contribution in [3.05, 3.63) is 57.6 Å². The topological polar surface area (TPSA) is 121 Å². The number of nitro groups is 1. The first-order chi connectivity index (χ1) is 12.4. The largest absolute Gasteiger partial charge is 0.484 e. The maximum absolute atomic E-state index is 11.9. The van der Waals surface area contributed by atoms with Gasteiger partial charge in [-0.1, -0.05) is 24.0 Å². The minimum Gasteiger partial charge on any atom is -0.484 e. The molecule has 0 aliphatic rings. The summed E-state index contributed by atoms with van der Waals surface area (Å²) in [6.45, 7) is 4.86. The highest BCUT2D eigenvalue weighted by atomic mass is 32.1. The van der Waals surface area contributed by atoms with Crippen molar-refractivity contribution in [2.45, 2.75) is 6.92 Å². The van der Waals surface area contributed by atoms with E-state index < -0.39 is 16.8 Å². The smallest absolute Gasteiger partial charge is 0.350 e. The number of non-ortho nitro benzene ring substituents is 1. The van der Waals surface area contributed by atoms with Gasteiger partial charge in [0.2, 0.25) is 0 Å². The molecule has 0 unspecified atom stereocenters. The Kier molecular flexibility index (Phi) is 6.39. The number of hydrogen-bond donors (Lipinski definition) is 1. The van der Waals surface area contributed by atoms with E-state index in [9.17, 15) is 19.7 Å². The zero-order valence-corrected chi connectivity index (χ0v) is 14.6. The fourth-order valence-electron chi connectivity index (χ4n) is 1.81. The molecule has 136 valence electrons. The molecule has 9 nitrogen and oxygen atoms in total. The number of thiazole rings is 1. The van der Waals surface area contributed by atoms with Gasteiger partial charge in [0.15, 0.2) is 11.7 Å². The number of ether oxygens (including phenoxy) is 2. The summed E-state index contributed by atoms with van der Waals surface area (Å²) in [6, 6.07) is 5.34. The van der Waals surface area contributed by atoms with Gasteiger partial charge in [0, 0.05) is 12.1 Å². The lowest BCUT2D eigenvalue weighted by atomic mass is 10.3. The summed E-state index contributed by atoms with van der Waals surface area (Å²) < 4.78 is 10.2. The molecular weight excluding hydrogens is 362 g/mol. The molecule has 0 atom stereocenters. The number of nitrogens with zero attached hydrogens (tertiary/aromatic N) is 2. The quantitative estimate of drug-likeness (QED) is 0.325. The highest BCUT2D eigenvalue weighted by Crippen LogP contribution is 2.23. The van der Waals surface area contributed by atoms with E-state index in [2.05, 4.69) is 16.9 Å². The number of carbonyl (C=O) groups excluding carboxylic acids is 2. The molecule has 1 amide bonds. The average Bonchev–Trinajstić information content (AvgIpc) is 2.98. The van der Waals surface area contributed by atoms with Gasteiger partial charge in [-0.05, 0) is 19.1 Å². The number of esters is 1. The second-order valence-electron chi connectivity index (χ2n) is 4.91. The molecule has 2 rings (SSSR count). The molecule has 0 saturated carbocycles. The number of amides is 1. The minimum atomic E-state index is -0.539. The molecule has 0 bridgehead atoms. The summed E-state index contributed by atoms with van der Waals surface area (Å²) in [5.74, 6) is -0.708. The Hall–Kier alpha value is -3.27. The highest BCUT2D eigenvalue weighted by Gasteiger charge is 2.17. The van der Waals surface area contributed by atoms with Gasteiger partial charge in [0.1, 0.15) is 17.2 Å². The molecule has 1 heterocycles. The van der Waals surface area contributed by atoms with Crippen molar-refractivity contribution in [3.8, 4) is 5.75 Å². The van der Waals surface area contributed by atoms with Crippen molar-refractivity contribution < 1.29 is 24.0 Å². The van der Waals surface area contributed by atoms with Crippen LogP contribution in [0.15, 0.2) is 36.9 Å². The number of anilines is 1. The first-order valence-corrected chi connectivity index (χ1v) is 8.15. The van der Waals surface area contributed by atoms with Crippen LogP contribution in [0.1, 0.15) is 15.4 Å². The van der Waals surface area contributed by atoms with Crippen LogP contribution in [0.3, 0.4) is 0 Å². The summed E-state index contributed by atoms with van der Waals surface area (Å²) in [7, 11) is 0. The third kappa shape index (κ3) is 5.11. The Morgan fingerprint density at radius 3 is 2.69 bits per heavy atom. The fraction of sp³-hybridized carbons (Fsp3) is 0.188. The summed E-state index contributed by atoms with van der Waals surface area (Å²) in [5, 5.41) is 13.3. The van der Waals surface area contributed by atoms with Gasteiger partial charge in [-0.3, -0.25) is 20.2 Å². The van der Waals surface area contributed by atoms with E-state index in [-0.39, 0.29) is 24.0 Å². The summed E-state index contributed by atoms with van der Waals surface area (Å²) >= 11 is 0.991. The molecule has 0 spiro atoms. The van der Waals surface area contributed by atoms with Gasteiger partial charge in [-0.15, -0.1) is 0 Å². The summed E-state index contributed by atoms with van der Waals surface area (Å²) in [4.78, 5) is 38.2. The van der Waals surface area contributed by atoms with Crippen molar-refractivity contribution in [1.29, 1.82) is 0 Å². The first kappa shape index (κ1) is 19.1.